The molecule has 0 aliphatic heterocycles. The van der Waals surface area contributed by atoms with Gasteiger partial charge in [0.25, 0.3) is 5.91 Å². The van der Waals surface area contributed by atoms with Crippen molar-refractivity contribution in [3.05, 3.63) is 52.0 Å². The Balaban J connectivity index is 2.33. The zero-order valence-corrected chi connectivity index (χ0v) is 11.7. The molecule has 0 aliphatic rings. The Morgan fingerprint density at radius 3 is 2.45 bits per heavy atom. The predicted octanol–water partition coefficient (Wildman–Crippen LogP) is 3.14. The number of anilines is 3. The molecule has 0 spiro atoms. The van der Waals surface area contributed by atoms with Crippen LogP contribution in [-0.2, 0) is 0 Å². The summed E-state index contributed by atoms with van der Waals surface area (Å²) in [5, 5.41) is 2.33. The molecule has 0 bridgehead atoms. The van der Waals surface area contributed by atoms with Crippen LogP contribution in [0.2, 0.25) is 0 Å². The summed E-state index contributed by atoms with van der Waals surface area (Å²) in [4.78, 5) is 12.0. The van der Waals surface area contributed by atoms with E-state index >= 15 is 0 Å². The molecule has 1 amide bonds. The van der Waals surface area contributed by atoms with E-state index in [1.165, 1.54) is 18.2 Å². The summed E-state index contributed by atoms with van der Waals surface area (Å²) in [6.07, 6.45) is 0. The van der Waals surface area contributed by atoms with Crippen LogP contribution in [0.15, 0.2) is 34.8 Å². The van der Waals surface area contributed by atoms with E-state index in [1.54, 1.807) is 0 Å². The van der Waals surface area contributed by atoms with Crippen molar-refractivity contribution in [1.29, 1.82) is 0 Å². The quantitative estimate of drug-likeness (QED) is 0.734. The van der Waals surface area contributed by atoms with Crippen LogP contribution >= 0.6 is 15.9 Å². The van der Waals surface area contributed by atoms with Crippen LogP contribution in [0.4, 0.5) is 25.8 Å². The molecule has 104 valence electrons. The topological polar surface area (TPSA) is 81.1 Å². The highest BCUT2D eigenvalue weighted by atomic mass is 79.9. The molecule has 5 N–H and O–H groups in total. The lowest BCUT2D eigenvalue weighted by Gasteiger charge is -2.10. The SMILES string of the molecule is Nc1ccc(C(=O)Nc2c(F)cc(F)cc2Br)c(N)c1. The van der Waals surface area contributed by atoms with Crippen molar-refractivity contribution < 1.29 is 13.6 Å². The van der Waals surface area contributed by atoms with Gasteiger partial charge in [0.15, 0.2) is 5.82 Å². The number of hydrogen-bond donors (Lipinski definition) is 3. The lowest BCUT2D eigenvalue weighted by Crippen LogP contribution is -2.15. The molecule has 2 aromatic rings. The van der Waals surface area contributed by atoms with Gasteiger partial charge in [0.05, 0.1) is 11.3 Å². The van der Waals surface area contributed by atoms with E-state index in [4.69, 9.17) is 11.5 Å². The number of amides is 1. The highest BCUT2D eigenvalue weighted by Gasteiger charge is 2.15. The lowest BCUT2D eigenvalue weighted by molar-refractivity contribution is 0.102. The fraction of sp³-hybridized carbons (Fsp3) is 0. The zero-order chi connectivity index (χ0) is 14.9. The molecular formula is C13H10BrF2N3O. The van der Waals surface area contributed by atoms with Gasteiger partial charge in [0.2, 0.25) is 0 Å². The Bertz CT molecular complexity index is 668. The smallest absolute Gasteiger partial charge is 0.257 e. The van der Waals surface area contributed by atoms with Gasteiger partial charge in [0.1, 0.15) is 5.82 Å². The molecule has 0 unspecified atom stereocenters. The summed E-state index contributed by atoms with van der Waals surface area (Å²) < 4.78 is 26.7. The maximum absolute atomic E-state index is 13.6. The molecule has 2 aromatic carbocycles. The molecule has 4 nitrogen and oxygen atoms in total. The minimum atomic E-state index is -0.890. The van der Waals surface area contributed by atoms with Crippen molar-refractivity contribution in [1.82, 2.24) is 0 Å². The second kappa shape index (κ2) is 5.46. The summed E-state index contributed by atoms with van der Waals surface area (Å²) in [6, 6.07) is 6.07. The maximum atomic E-state index is 13.6. The van der Waals surface area contributed by atoms with Gasteiger partial charge in [-0.05, 0) is 40.2 Å². The van der Waals surface area contributed by atoms with Gasteiger partial charge in [0, 0.05) is 21.9 Å². The summed E-state index contributed by atoms with van der Waals surface area (Å²) >= 11 is 2.98. The summed E-state index contributed by atoms with van der Waals surface area (Å²) in [5.41, 5.74) is 11.8. The van der Waals surface area contributed by atoms with Crippen molar-refractivity contribution in [3.63, 3.8) is 0 Å². The number of rotatable bonds is 2. The molecule has 0 saturated carbocycles. The van der Waals surface area contributed by atoms with Crippen molar-refractivity contribution in [3.8, 4) is 0 Å². The fourth-order valence-corrected chi connectivity index (χ4v) is 2.14. The normalized spacial score (nSPS) is 10.3. The zero-order valence-electron chi connectivity index (χ0n) is 10.1. The van der Waals surface area contributed by atoms with Gasteiger partial charge in [-0.15, -0.1) is 0 Å². The molecule has 20 heavy (non-hydrogen) atoms. The van der Waals surface area contributed by atoms with Crippen LogP contribution in [0, 0.1) is 11.6 Å². The molecule has 7 heteroatoms. The summed E-state index contributed by atoms with van der Waals surface area (Å²) in [5.74, 6) is -2.26. The van der Waals surface area contributed by atoms with Crippen molar-refractivity contribution in [2.45, 2.75) is 0 Å². The van der Waals surface area contributed by atoms with E-state index in [1.807, 2.05) is 0 Å². The van der Waals surface area contributed by atoms with Gasteiger partial charge >= 0.3 is 0 Å². The average Bonchev–Trinajstić information content (AvgIpc) is 2.33. The summed E-state index contributed by atoms with van der Waals surface area (Å²) in [7, 11) is 0. The van der Waals surface area contributed by atoms with E-state index in [2.05, 4.69) is 21.2 Å². The largest absolute Gasteiger partial charge is 0.399 e. The van der Waals surface area contributed by atoms with Crippen LogP contribution in [0.3, 0.4) is 0 Å². The van der Waals surface area contributed by atoms with Crippen molar-refractivity contribution >= 4 is 38.9 Å². The number of nitrogens with one attached hydrogen (secondary N) is 1. The number of carbonyl (C=O) groups excluding carboxylic acids is 1. The molecule has 0 fully saturated rings. The standard InChI is InChI=1S/C13H10BrF2N3O/c14-9-3-6(15)4-10(16)12(9)19-13(20)8-2-1-7(17)5-11(8)18/h1-5H,17-18H2,(H,19,20). The van der Waals surface area contributed by atoms with Crippen LogP contribution in [-0.4, -0.2) is 5.91 Å². The van der Waals surface area contributed by atoms with Crippen LogP contribution in [0.25, 0.3) is 0 Å². The van der Waals surface area contributed by atoms with E-state index in [0.717, 1.165) is 6.07 Å². The molecule has 0 heterocycles. The van der Waals surface area contributed by atoms with E-state index in [0.29, 0.717) is 11.8 Å². The Morgan fingerprint density at radius 1 is 1.15 bits per heavy atom. The number of nitrogens with two attached hydrogens (primary N) is 2. The Morgan fingerprint density at radius 2 is 1.85 bits per heavy atom. The highest BCUT2D eigenvalue weighted by Crippen LogP contribution is 2.28. The second-order valence-electron chi connectivity index (χ2n) is 4.05. The fourth-order valence-electron chi connectivity index (χ4n) is 1.63. The summed E-state index contributed by atoms with van der Waals surface area (Å²) in [6.45, 7) is 0. The van der Waals surface area contributed by atoms with Crippen LogP contribution in [0.1, 0.15) is 10.4 Å². The first kappa shape index (κ1) is 14.3. The Kier molecular flexibility index (Phi) is 3.89. The minimum Gasteiger partial charge on any atom is -0.399 e. The molecular weight excluding hydrogens is 332 g/mol. The number of nitrogen functional groups attached to an aromatic ring is 2. The highest BCUT2D eigenvalue weighted by molar-refractivity contribution is 9.10. The maximum Gasteiger partial charge on any atom is 0.257 e. The van der Waals surface area contributed by atoms with Gasteiger partial charge in [-0.3, -0.25) is 4.79 Å². The number of hydrogen-bond acceptors (Lipinski definition) is 3. The number of halogens is 3. The molecule has 2 rings (SSSR count). The van der Waals surface area contributed by atoms with Crippen molar-refractivity contribution in [2.75, 3.05) is 16.8 Å². The van der Waals surface area contributed by atoms with Gasteiger partial charge in [-0.2, -0.15) is 0 Å². The number of carbonyl (C=O) groups is 1. The first-order chi connectivity index (χ1) is 9.38. The van der Waals surface area contributed by atoms with E-state index in [-0.39, 0.29) is 21.4 Å². The molecule has 0 radical (unpaired) electrons. The van der Waals surface area contributed by atoms with Crippen molar-refractivity contribution in [2.24, 2.45) is 0 Å². The Labute approximate surface area is 121 Å². The molecule has 0 saturated heterocycles. The minimum absolute atomic E-state index is 0.0948. The first-order valence-corrected chi connectivity index (χ1v) is 6.28. The third-order valence-electron chi connectivity index (χ3n) is 2.57. The Hall–Kier alpha value is -2.15. The van der Waals surface area contributed by atoms with Gasteiger partial charge < -0.3 is 16.8 Å². The second-order valence-corrected chi connectivity index (χ2v) is 4.90. The third-order valence-corrected chi connectivity index (χ3v) is 3.19. The van der Waals surface area contributed by atoms with Gasteiger partial charge in [-0.25, -0.2) is 8.78 Å². The predicted molar refractivity (Wildman–Crippen MR) is 77.3 cm³/mol. The third kappa shape index (κ3) is 2.88. The molecule has 0 atom stereocenters. The lowest BCUT2D eigenvalue weighted by atomic mass is 10.1. The van der Waals surface area contributed by atoms with Gasteiger partial charge in [-0.1, -0.05) is 0 Å². The number of benzene rings is 2. The average molecular weight is 342 g/mol. The molecule has 0 aromatic heterocycles. The van der Waals surface area contributed by atoms with Crippen LogP contribution in [0.5, 0.6) is 0 Å². The van der Waals surface area contributed by atoms with E-state index < -0.39 is 17.5 Å². The van der Waals surface area contributed by atoms with Crippen LogP contribution < -0.4 is 16.8 Å². The first-order valence-electron chi connectivity index (χ1n) is 5.49. The molecule has 0 aliphatic carbocycles. The van der Waals surface area contributed by atoms with E-state index in [9.17, 15) is 13.6 Å². The monoisotopic (exact) mass is 341 g/mol.